The number of nitrogens with one attached hydrogen (secondary N) is 2. The average molecular weight is 720 g/mol. The van der Waals surface area contributed by atoms with E-state index in [0.29, 0.717) is 67.4 Å². The number of esters is 1. The number of hydrogen-bond donors (Lipinski definition) is 5. The molecule has 0 bridgehead atoms. The van der Waals surface area contributed by atoms with Gasteiger partial charge in [0.15, 0.2) is 6.61 Å². The maximum Gasteiger partial charge on any atom is 0.314 e. The summed E-state index contributed by atoms with van der Waals surface area (Å²) in [4.78, 5) is 36.2. The van der Waals surface area contributed by atoms with Crippen LogP contribution in [-0.2, 0) is 27.2 Å². The maximum atomic E-state index is 13.3. The van der Waals surface area contributed by atoms with Crippen molar-refractivity contribution in [1.82, 2.24) is 5.32 Å². The molecule has 1 heterocycles. The van der Waals surface area contributed by atoms with Crippen molar-refractivity contribution in [2.24, 2.45) is 11.7 Å². The van der Waals surface area contributed by atoms with E-state index >= 15 is 0 Å². The van der Waals surface area contributed by atoms with Gasteiger partial charge in [-0.3, -0.25) is 14.4 Å². The number of amides is 1. The fraction of sp³-hybridized carbons (Fsp3) is 0.475. The van der Waals surface area contributed by atoms with E-state index in [2.05, 4.69) is 10.6 Å². The van der Waals surface area contributed by atoms with Crippen LogP contribution in [0.3, 0.4) is 0 Å². The molecule has 282 valence electrons. The van der Waals surface area contributed by atoms with E-state index in [4.69, 9.17) is 29.8 Å². The highest BCUT2D eigenvalue weighted by Gasteiger charge is 2.28. The van der Waals surface area contributed by atoms with Gasteiger partial charge in [-0.1, -0.05) is 31.2 Å². The Balaban J connectivity index is 1.35. The molecule has 3 aromatic carbocycles. The smallest absolute Gasteiger partial charge is 0.314 e. The van der Waals surface area contributed by atoms with Gasteiger partial charge in [0.05, 0.1) is 30.9 Å². The number of β-amino-alcohol motifs (C(OH)–C–C–N with tert-alkyl or cyclic N) is 1. The molecule has 0 spiro atoms. The van der Waals surface area contributed by atoms with E-state index < -0.39 is 29.5 Å². The average Bonchev–Trinajstić information content (AvgIpc) is 3.07. The Labute approximate surface area is 306 Å². The van der Waals surface area contributed by atoms with E-state index in [1.165, 1.54) is 6.07 Å². The number of ether oxygens (including phenoxy) is 4. The van der Waals surface area contributed by atoms with Crippen LogP contribution in [0, 0.1) is 5.92 Å². The van der Waals surface area contributed by atoms with Gasteiger partial charge >= 0.3 is 11.9 Å². The normalized spacial score (nSPS) is 14.0. The van der Waals surface area contributed by atoms with Crippen LogP contribution < -0.4 is 35.3 Å². The Bertz CT molecular complexity index is 1650. The Morgan fingerprint density at radius 3 is 2.15 bits per heavy atom. The summed E-state index contributed by atoms with van der Waals surface area (Å²) in [6, 6.07) is 18.5. The SMILES string of the molecule is CCC(CCOc1ccc(CC(C)(C)N)cc1)C(=O)Oc1cc2c(c(C(O)CNC(C)(C)Cc3ccc(OCCCC(=O)O)cc3)c1)OCC(=O)N2. The van der Waals surface area contributed by atoms with Crippen molar-refractivity contribution in [3.8, 4) is 23.0 Å². The van der Waals surface area contributed by atoms with Crippen molar-refractivity contribution < 1.29 is 43.5 Å². The van der Waals surface area contributed by atoms with Gasteiger partial charge in [-0.05, 0) is 101 Å². The highest BCUT2D eigenvalue weighted by Crippen LogP contribution is 2.39. The molecule has 52 heavy (non-hydrogen) atoms. The number of carbonyl (C=O) groups is 3. The number of aliphatic carboxylic acids is 1. The lowest BCUT2D eigenvalue weighted by molar-refractivity contribution is -0.139. The van der Waals surface area contributed by atoms with Crippen molar-refractivity contribution in [2.45, 2.75) is 90.3 Å². The number of aliphatic hydroxyl groups is 1. The number of aliphatic hydroxyl groups excluding tert-OH is 1. The molecule has 0 saturated heterocycles. The van der Waals surface area contributed by atoms with Crippen LogP contribution in [0.1, 0.15) is 83.1 Å². The van der Waals surface area contributed by atoms with Crippen molar-refractivity contribution in [2.75, 3.05) is 31.7 Å². The molecule has 3 aromatic rings. The molecule has 2 unspecified atom stereocenters. The topological polar surface area (TPSA) is 179 Å². The minimum Gasteiger partial charge on any atom is -0.494 e. The van der Waals surface area contributed by atoms with E-state index in [1.807, 2.05) is 83.1 Å². The molecule has 12 heteroatoms. The summed E-state index contributed by atoms with van der Waals surface area (Å²) in [7, 11) is 0. The number of carbonyl (C=O) groups excluding carboxylic acids is 2. The Hall–Kier alpha value is -4.65. The summed E-state index contributed by atoms with van der Waals surface area (Å²) in [5.41, 5.74) is 8.25. The number of nitrogens with two attached hydrogens (primary N) is 1. The Kier molecular flexibility index (Phi) is 14.1. The van der Waals surface area contributed by atoms with Crippen LogP contribution in [0.15, 0.2) is 60.7 Å². The second-order valence-electron chi connectivity index (χ2n) is 14.6. The molecule has 0 aromatic heterocycles. The van der Waals surface area contributed by atoms with Gasteiger partial charge in [-0.25, -0.2) is 0 Å². The molecule has 1 aliphatic rings. The third kappa shape index (κ3) is 12.8. The number of carboxylic acids is 1. The number of benzene rings is 3. The largest absolute Gasteiger partial charge is 0.494 e. The molecule has 2 atom stereocenters. The number of carboxylic acid groups (broad SMARTS) is 1. The first-order valence-corrected chi connectivity index (χ1v) is 17.8. The second kappa shape index (κ2) is 18.2. The van der Waals surface area contributed by atoms with Crippen molar-refractivity contribution in [3.63, 3.8) is 0 Å². The van der Waals surface area contributed by atoms with Gasteiger partial charge in [0.2, 0.25) is 0 Å². The summed E-state index contributed by atoms with van der Waals surface area (Å²) < 4.78 is 23.1. The standard InChI is InChI=1S/C40H53N3O9/c1-6-28(17-19-50-30-13-9-26(10-14-30)22-39(2,3)41)38(48)52-31-20-32(37-33(21-31)43-35(45)25-51-37)34(44)24-42-40(4,5)23-27-11-15-29(16-12-27)49-18-7-8-36(46)47/h9-16,20-21,28,34,42,44H,6-8,17-19,22-25,41H2,1-5H3,(H,43,45)(H,46,47). The molecular formula is C40H53N3O9. The van der Waals surface area contributed by atoms with Crippen LogP contribution in [0.2, 0.25) is 0 Å². The number of anilines is 1. The highest BCUT2D eigenvalue weighted by atomic mass is 16.5. The molecule has 12 nitrogen and oxygen atoms in total. The predicted molar refractivity (Wildman–Crippen MR) is 198 cm³/mol. The fourth-order valence-corrected chi connectivity index (χ4v) is 5.92. The van der Waals surface area contributed by atoms with Gasteiger partial charge < -0.3 is 45.5 Å². The molecule has 1 amide bonds. The Morgan fingerprint density at radius 1 is 0.942 bits per heavy atom. The molecule has 4 rings (SSSR count). The monoisotopic (exact) mass is 719 g/mol. The number of hydrogen-bond acceptors (Lipinski definition) is 10. The predicted octanol–water partition coefficient (Wildman–Crippen LogP) is 5.59. The maximum absolute atomic E-state index is 13.3. The first-order valence-electron chi connectivity index (χ1n) is 17.8. The molecule has 1 aliphatic heterocycles. The second-order valence-corrected chi connectivity index (χ2v) is 14.6. The summed E-state index contributed by atoms with van der Waals surface area (Å²) in [5.74, 6) is -0.192. The van der Waals surface area contributed by atoms with Gasteiger partial charge in [0, 0.05) is 35.7 Å². The third-order valence-electron chi connectivity index (χ3n) is 8.58. The molecular weight excluding hydrogens is 666 g/mol. The van der Waals surface area contributed by atoms with E-state index in [9.17, 15) is 19.5 Å². The van der Waals surface area contributed by atoms with Crippen molar-refractivity contribution in [3.05, 3.63) is 77.4 Å². The fourth-order valence-electron chi connectivity index (χ4n) is 5.92. The molecule has 0 aliphatic carbocycles. The molecule has 6 N–H and O–H groups in total. The zero-order chi connectivity index (χ0) is 37.9. The van der Waals surface area contributed by atoms with Gasteiger partial charge in [0.1, 0.15) is 23.0 Å². The summed E-state index contributed by atoms with van der Waals surface area (Å²) in [6.45, 7) is 10.5. The molecule has 0 saturated carbocycles. The summed E-state index contributed by atoms with van der Waals surface area (Å²) in [6.07, 6.45) is 1.80. The number of fused-ring (bicyclic) bond motifs is 1. The van der Waals surface area contributed by atoms with Crippen LogP contribution >= 0.6 is 0 Å². The van der Waals surface area contributed by atoms with Crippen LogP contribution in [0.5, 0.6) is 23.0 Å². The van der Waals surface area contributed by atoms with Crippen LogP contribution in [0.4, 0.5) is 5.69 Å². The minimum atomic E-state index is -1.05. The van der Waals surface area contributed by atoms with Gasteiger partial charge in [-0.15, -0.1) is 0 Å². The van der Waals surface area contributed by atoms with Crippen LogP contribution in [-0.4, -0.2) is 65.5 Å². The van der Waals surface area contributed by atoms with Crippen LogP contribution in [0.25, 0.3) is 0 Å². The first kappa shape index (κ1) is 40.1. The lowest BCUT2D eigenvalue weighted by atomic mass is 9.94. The lowest BCUT2D eigenvalue weighted by Crippen LogP contribution is -2.43. The van der Waals surface area contributed by atoms with E-state index in [-0.39, 0.29) is 36.8 Å². The molecule has 0 radical (unpaired) electrons. The lowest BCUT2D eigenvalue weighted by Gasteiger charge is -2.29. The molecule has 0 fully saturated rings. The minimum absolute atomic E-state index is 0.0597. The summed E-state index contributed by atoms with van der Waals surface area (Å²) >= 11 is 0. The first-order chi connectivity index (χ1) is 24.6. The Morgan fingerprint density at radius 2 is 1.56 bits per heavy atom. The van der Waals surface area contributed by atoms with Crippen molar-refractivity contribution in [1.29, 1.82) is 0 Å². The zero-order valence-corrected chi connectivity index (χ0v) is 30.8. The van der Waals surface area contributed by atoms with Gasteiger partial charge in [0.25, 0.3) is 5.91 Å². The summed E-state index contributed by atoms with van der Waals surface area (Å²) in [5, 5.41) is 26.3. The third-order valence-corrected chi connectivity index (χ3v) is 8.58. The quantitative estimate of drug-likeness (QED) is 0.0559. The van der Waals surface area contributed by atoms with Crippen molar-refractivity contribution >= 4 is 23.5 Å². The highest BCUT2D eigenvalue weighted by molar-refractivity contribution is 5.96. The zero-order valence-electron chi connectivity index (χ0n) is 30.8. The van der Waals surface area contributed by atoms with E-state index in [0.717, 1.165) is 17.5 Å². The van der Waals surface area contributed by atoms with E-state index in [1.54, 1.807) is 6.07 Å². The number of rotatable bonds is 20. The van der Waals surface area contributed by atoms with Gasteiger partial charge in [-0.2, -0.15) is 0 Å².